The molecule has 10 heteroatoms. The Kier molecular flexibility index (Phi) is 7.81. The Hall–Kier alpha value is -2.17. The van der Waals surface area contributed by atoms with Crippen LogP contribution in [-0.4, -0.2) is 76.5 Å². The van der Waals surface area contributed by atoms with Crippen LogP contribution in [0.5, 0.6) is 0 Å². The van der Waals surface area contributed by atoms with Gasteiger partial charge in [0.1, 0.15) is 12.6 Å². The SMILES string of the molecule is COC1=C(NCC(=O)O)C[C@@](O)(CO)C/C1=N\[C@@H](CCCN)C(=O)O. The van der Waals surface area contributed by atoms with E-state index in [9.17, 15) is 24.9 Å². The van der Waals surface area contributed by atoms with Gasteiger partial charge in [0.2, 0.25) is 0 Å². The molecule has 7 N–H and O–H groups in total. The lowest BCUT2D eigenvalue weighted by molar-refractivity contribution is -0.138. The predicted octanol–water partition coefficient (Wildman–Crippen LogP) is -1.33. The van der Waals surface area contributed by atoms with Crippen molar-refractivity contribution >= 4 is 17.7 Å². The number of methoxy groups -OCH3 is 1. The first-order valence-electron chi connectivity index (χ1n) is 7.82. The molecule has 25 heavy (non-hydrogen) atoms. The van der Waals surface area contributed by atoms with Crippen molar-refractivity contribution in [3.63, 3.8) is 0 Å². The molecular weight excluding hydrogens is 334 g/mol. The zero-order valence-corrected chi connectivity index (χ0v) is 14.1. The maximum Gasteiger partial charge on any atom is 0.328 e. The van der Waals surface area contributed by atoms with Gasteiger partial charge in [-0.25, -0.2) is 4.79 Å². The summed E-state index contributed by atoms with van der Waals surface area (Å²) in [6.07, 6.45) is 0.479. The number of rotatable bonds is 10. The largest absolute Gasteiger partial charge is 0.493 e. The number of carboxylic acids is 2. The molecule has 0 bridgehead atoms. The first-order chi connectivity index (χ1) is 11.8. The number of aliphatic imine (C=N–C) groups is 1. The molecule has 0 heterocycles. The van der Waals surface area contributed by atoms with Gasteiger partial charge in [0.15, 0.2) is 5.76 Å². The van der Waals surface area contributed by atoms with Crippen molar-refractivity contribution in [3.05, 3.63) is 11.5 Å². The molecule has 1 aliphatic rings. The zero-order chi connectivity index (χ0) is 19.0. The zero-order valence-electron chi connectivity index (χ0n) is 14.1. The number of ether oxygens (including phenoxy) is 1. The molecule has 0 aliphatic heterocycles. The maximum absolute atomic E-state index is 11.4. The highest BCUT2D eigenvalue weighted by molar-refractivity contribution is 6.01. The molecule has 2 atom stereocenters. The molecule has 0 aromatic heterocycles. The average Bonchev–Trinajstić information content (AvgIpc) is 2.56. The first kappa shape index (κ1) is 20.9. The fourth-order valence-corrected chi connectivity index (χ4v) is 2.56. The van der Waals surface area contributed by atoms with Gasteiger partial charge < -0.3 is 36.2 Å². The number of carbonyl (C=O) groups is 2. The number of carboxylic acid groups (broad SMARTS) is 2. The molecule has 0 amide bonds. The van der Waals surface area contributed by atoms with E-state index in [-0.39, 0.29) is 36.4 Å². The monoisotopic (exact) mass is 359 g/mol. The van der Waals surface area contributed by atoms with E-state index in [1.54, 1.807) is 0 Å². The first-order valence-corrected chi connectivity index (χ1v) is 7.82. The molecule has 1 rings (SSSR count). The molecule has 0 aromatic rings. The van der Waals surface area contributed by atoms with Crippen molar-refractivity contribution in [1.29, 1.82) is 0 Å². The number of allylic oxidation sites excluding steroid dienone is 1. The van der Waals surface area contributed by atoms with Crippen LogP contribution in [0.2, 0.25) is 0 Å². The van der Waals surface area contributed by atoms with E-state index in [0.717, 1.165) is 0 Å². The lowest BCUT2D eigenvalue weighted by atomic mass is 9.85. The van der Waals surface area contributed by atoms with E-state index in [4.69, 9.17) is 15.6 Å². The predicted molar refractivity (Wildman–Crippen MR) is 88.1 cm³/mol. The van der Waals surface area contributed by atoms with Gasteiger partial charge in [-0.1, -0.05) is 0 Å². The van der Waals surface area contributed by atoms with Crippen LogP contribution in [0.15, 0.2) is 16.4 Å². The van der Waals surface area contributed by atoms with E-state index in [0.29, 0.717) is 13.0 Å². The van der Waals surface area contributed by atoms with E-state index in [2.05, 4.69) is 10.3 Å². The molecule has 0 fully saturated rings. The highest BCUT2D eigenvalue weighted by Crippen LogP contribution is 2.30. The summed E-state index contributed by atoms with van der Waals surface area (Å²) in [7, 11) is 1.34. The van der Waals surface area contributed by atoms with Crippen molar-refractivity contribution < 1.29 is 34.8 Å². The van der Waals surface area contributed by atoms with Crippen LogP contribution < -0.4 is 11.1 Å². The van der Waals surface area contributed by atoms with Crippen LogP contribution in [0, 0.1) is 0 Å². The standard InChI is InChI=1S/C15H25N3O7/c1-25-13-10(17-7-12(20)21)5-15(24,8-19)6-11(13)18-9(14(22)23)3-2-4-16/h9,17,19,24H,2-8,16H2,1H3,(H,20,21)(H,22,23)/b18-11+/t9-,15-/m0/s1. The van der Waals surface area contributed by atoms with E-state index < -0.39 is 36.7 Å². The Labute approximate surface area is 145 Å². The summed E-state index contributed by atoms with van der Waals surface area (Å²) >= 11 is 0. The van der Waals surface area contributed by atoms with E-state index in [1.807, 2.05) is 0 Å². The number of aliphatic hydroxyl groups excluding tert-OH is 1. The fourth-order valence-electron chi connectivity index (χ4n) is 2.56. The topological polar surface area (TPSA) is 175 Å². The Morgan fingerprint density at radius 3 is 2.56 bits per heavy atom. The van der Waals surface area contributed by atoms with Crippen LogP contribution in [-0.2, 0) is 14.3 Å². The van der Waals surface area contributed by atoms with Gasteiger partial charge in [-0.05, 0) is 19.4 Å². The summed E-state index contributed by atoms with van der Waals surface area (Å²) in [5, 5.41) is 40.7. The number of aliphatic hydroxyl groups is 2. The van der Waals surface area contributed by atoms with Crippen molar-refractivity contribution in [3.8, 4) is 0 Å². The Balaban J connectivity index is 3.25. The molecule has 10 nitrogen and oxygen atoms in total. The minimum atomic E-state index is -1.58. The molecular formula is C15H25N3O7. The molecule has 0 unspecified atom stereocenters. The van der Waals surface area contributed by atoms with Crippen molar-refractivity contribution in [2.24, 2.45) is 10.7 Å². The van der Waals surface area contributed by atoms with Crippen LogP contribution in [0.3, 0.4) is 0 Å². The summed E-state index contributed by atoms with van der Waals surface area (Å²) in [4.78, 5) is 26.3. The number of hydrogen-bond donors (Lipinski definition) is 6. The fraction of sp³-hybridized carbons (Fsp3) is 0.667. The van der Waals surface area contributed by atoms with Crippen molar-refractivity contribution in [1.82, 2.24) is 5.32 Å². The van der Waals surface area contributed by atoms with Gasteiger partial charge in [-0.3, -0.25) is 9.79 Å². The second kappa shape index (κ2) is 9.35. The third-order valence-electron chi connectivity index (χ3n) is 3.77. The van der Waals surface area contributed by atoms with Crippen LogP contribution in [0.1, 0.15) is 25.7 Å². The quantitative estimate of drug-likeness (QED) is 0.276. The van der Waals surface area contributed by atoms with Gasteiger partial charge >= 0.3 is 11.9 Å². The molecule has 0 saturated heterocycles. The summed E-state index contributed by atoms with van der Waals surface area (Å²) in [6, 6.07) is -1.08. The molecule has 142 valence electrons. The molecule has 0 radical (unpaired) electrons. The minimum absolute atomic E-state index is 0.0699. The number of nitrogens with one attached hydrogen (secondary N) is 1. The third-order valence-corrected chi connectivity index (χ3v) is 3.77. The van der Waals surface area contributed by atoms with Crippen LogP contribution in [0.4, 0.5) is 0 Å². The minimum Gasteiger partial charge on any atom is -0.493 e. The highest BCUT2D eigenvalue weighted by atomic mass is 16.5. The molecule has 0 aromatic carbocycles. The van der Waals surface area contributed by atoms with Crippen LogP contribution in [0.25, 0.3) is 0 Å². The maximum atomic E-state index is 11.4. The van der Waals surface area contributed by atoms with Crippen LogP contribution >= 0.6 is 0 Å². The summed E-state index contributed by atoms with van der Waals surface area (Å²) < 4.78 is 5.25. The number of nitrogens with two attached hydrogens (primary N) is 1. The van der Waals surface area contributed by atoms with Crippen molar-refractivity contribution in [2.75, 3.05) is 26.8 Å². The Morgan fingerprint density at radius 2 is 2.08 bits per heavy atom. The lowest BCUT2D eigenvalue weighted by Gasteiger charge is -2.34. The number of aliphatic carboxylic acids is 2. The summed E-state index contributed by atoms with van der Waals surface area (Å²) in [5.74, 6) is -2.08. The van der Waals surface area contributed by atoms with E-state index in [1.165, 1.54) is 7.11 Å². The van der Waals surface area contributed by atoms with Gasteiger partial charge in [0.25, 0.3) is 0 Å². The lowest BCUT2D eigenvalue weighted by Crippen LogP contribution is -2.44. The third kappa shape index (κ3) is 6.00. The van der Waals surface area contributed by atoms with Gasteiger partial charge in [0, 0.05) is 12.8 Å². The molecule has 0 spiro atoms. The molecule has 1 aliphatic carbocycles. The van der Waals surface area contributed by atoms with Gasteiger partial charge in [-0.15, -0.1) is 0 Å². The summed E-state index contributed by atoms with van der Waals surface area (Å²) in [5.41, 5.74) is 4.22. The normalized spacial score (nSPS) is 23.4. The second-order valence-corrected chi connectivity index (χ2v) is 5.86. The Bertz CT molecular complexity index is 561. The van der Waals surface area contributed by atoms with Gasteiger partial charge in [-0.2, -0.15) is 0 Å². The van der Waals surface area contributed by atoms with Gasteiger partial charge in [0.05, 0.1) is 30.7 Å². The molecule has 0 saturated carbocycles. The van der Waals surface area contributed by atoms with Crippen molar-refractivity contribution in [2.45, 2.75) is 37.3 Å². The smallest absolute Gasteiger partial charge is 0.328 e. The number of nitrogens with zero attached hydrogens (tertiary/aromatic N) is 1. The highest BCUT2D eigenvalue weighted by Gasteiger charge is 2.38. The second-order valence-electron chi connectivity index (χ2n) is 5.86. The Morgan fingerprint density at radius 1 is 1.40 bits per heavy atom. The number of hydrogen-bond acceptors (Lipinski definition) is 8. The van der Waals surface area contributed by atoms with E-state index >= 15 is 0 Å². The average molecular weight is 359 g/mol. The summed E-state index contributed by atoms with van der Waals surface area (Å²) in [6.45, 7) is -0.706.